The van der Waals surface area contributed by atoms with Crippen molar-refractivity contribution in [2.45, 2.75) is 51.2 Å². The first-order chi connectivity index (χ1) is 22.1. The van der Waals surface area contributed by atoms with E-state index in [0.29, 0.717) is 18.5 Å². The summed E-state index contributed by atoms with van der Waals surface area (Å²) in [6.07, 6.45) is 8.46. The molecule has 2 fully saturated rings. The molecule has 1 N–H and O–H groups in total. The maximum Gasteiger partial charge on any atom is 0.229 e. The summed E-state index contributed by atoms with van der Waals surface area (Å²) in [5.74, 6) is 1.25. The fourth-order valence-corrected chi connectivity index (χ4v) is 7.28. The molecule has 5 aromatic rings. The summed E-state index contributed by atoms with van der Waals surface area (Å²) < 4.78 is 0. The average Bonchev–Trinajstić information content (AvgIpc) is 3.65. The Labute approximate surface area is 265 Å². The minimum absolute atomic E-state index is 0.318. The SMILES string of the molecule is O=C1N(Cc2ccccc2)CCC1(CCN1CCC(N(Cc2ccncc2)c2nc3ccccc3[nH]2)CC1)Cc1ccccc1. The molecule has 1 atom stereocenters. The Kier molecular flexibility index (Phi) is 8.61. The number of H-pyrrole nitrogens is 1. The van der Waals surface area contributed by atoms with E-state index in [-0.39, 0.29) is 5.41 Å². The number of carbonyl (C=O) groups excluding carboxylic acids is 1. The van der Waals surface area contributed by atoms with Crippen LogP contribution in [-0.4, -0.2) is 62.9 Å². The Bertz CT molecular complexity index is 1650. The lowest BCUT2D eigenvalue weighted by Crippen LogP contribution is -2.46. The molecule has 0 saturated carbocycles. The van der Waals surface area contributed by atoms with Gasteiger partial charge in [0.2, 0.25) is 11.9 Å². The van der Waals surface area contributed by atoms with Crippen LogP contribution in [-0.2, 0) is 24.3 Å². The maximum absolute atomic E-state index is 14.1. The van der Waals surface area contributed by atoms with Crippen molar-refractivity contribution in [3.05, 3.63) is 126 Å². The van der Waals surface area contributed by atoms with Crippen LogP contribution < -0.4 is 4.90 Å². The van der Waals surface area contributed by atoms with Crippen LogP contribution in [0.15, 0.2) is 109 Å². The van der Waals surface area contributed by atoms with E-state index in [9.17, 15) is 4.79 Å². The van der Waals surface area contributed by atoms with Crippen molar-refractivity contribution in [2.75, 3.05) is 31.1 Å². The Morgan fingerprint density at radius 3 is 2.22 bits per heavy atom. The third kappa shape index (κ3) is 6.64. The van der Waals surface area contributed by atoms with E-state index < -0.39 is 0 Å². The zero-order chi connectivity index (χ0) is 30.5. The summed E-state index contributed by atoms with van der Waals surface area (Å²) in [5.41, 5.74) is 5.39. The molecule has 2 saturated heterocycles. The van der Waals surface area contributed by atoms with Crippen LogP contribution in [0.5, 0.6) is 0 Å². The molecule has 230 valence electrons. The lowest BCUT2D eigenvalue weighted by molar-refractivity contribution is -0.137. The van der Waals surface area contributed by atoms with Crippen LogP contribution in [0.25, 0.3) is 11.0 Å². The van der Waals surface area contributed by atoms with Gasteiger partial charge in [-0.1, -0.05) is 72.8 Å². The van der Waals surface area contributed by atoms with Crippen LogP contribution in [0, 0.1) is 5.41 Å². The molecule has 2 aromatic heterocycles. The second kappa shape index (κ2) is 13.2. The number of amides is 1. The number of likely N-dealkylation sites (tertiary alicyclic amines) is 2. The third-order valence-electron chi connectivity index (χ3n) is 9.86. The number of piperidine rings is 1. The van der Waals surface area contributed by atoms with Gasteiger partial charge in [0.05, 0.1) is 16.4 Å². The van der Waals surface area contributed by atoms with Gasteiger partial charge < -0.3 is 19.7 Å². The lowest BCUT2D eigenvalue weighted by atomic mass is 9.77. The number of para-hydroxylation sites is 2. The zero-order valence-corrected chi connectivity index (χ0v) is 25.9. The molecule has 2 aliphatic rings. The summed E-state index contributed by atoms with van der Waals surface area (Å²) in [6, 6.07) is 33.8. The molecule has 0 spiro atoms. The molecule has 0 radical (unpaired) electrons. The van der Waals surface area contributed by atoms with Crippen LogP contribution >= 0.6 is 0 Å². The molecule has 1 amide bonds. The Morgan fingerprint density at radius 1 is 0.800 bits per heavy atom. The van der Waals surface area contributed by atoms with Crippen molar-refractivity contribution < 1.29 is 4.79 Å². The molecule has 3 aromatic carbocycles. The van der Waals surface area contributed by atoms with Crippen molar-refractivity contribution in [1.29, 1.82) is 0 Å². The molecule has 0 aliphatic carbocycles. The summed E-state index contributed by atoms with van der Waals surface area (Å²) >= 11 is 0. The first kappa shape index (κ1) is 29.2. The van der Waals surface area contributed by atoms with Crippen LogP contribution in [0.3, 0.4) is 0 Å². The number of aromatic nitrogens is 3. The van der Waals surface area contributed by atoms with Crippen molar-refractivity contribution >= 4 is 22.9 Å². The molecule has 1 unspecified atom stereocenters. The number of hydrogen-bond donors (Lipinski definition) is 1. The van der Waals surface area contributed by atoms with E-state index in [0.717, 1.165) is 81.8 Å². The number of rotatable bonds is 11. The predicted molar refractivity (Wildman–Crippen MR) is 180 cm³/mol. The van der Waals surface area contributed by atoms with E-state index in [1.807, 2.05) is 24.5 Å². The fraction of sp³-hybridized carbons (Fsp3) is 0.342. The smallest absolute Gasteiger partial charge is 0.229 e. The number of fused-ring (bicyclic) bond motifs is 1. The van der Waals surface area contributed by atoms with E-state index in [4.69, 9.17) is 4.98 Å². The quantitative estimate of drug-likeness (QED) is 0.189. The number of hydrogen-bond acceptors (Lipinski definition) is 5. The molecule has 7 rings (SSSR count). The maximum atomic E-state index is 14.1. The number of nitrogens with one attached hydrogen (secondary N) is 1. The number of benzene rings is 3. The van der Waals surface area contributed by atoms with Gasteiger partial charge in [-0.05, 0) is 79.6 Å². The van der Waals surface area contributed by atoms with Crippen LogP contribution in [0.2, 0.25) is 0 Å². The molecular weight excluding hydrogens is 556 g/mol. The van der Waals surface area contributed by atoms with E-state index in [2.05, 4.69) is 110 Å². The topological polar surface area (TPSA) is 68.4 Å². The van der Waals surface area contributed by atoms with Crippen molar-refractivity contribution in [3.8, 4) is 0 Å². The highest BCUT2D eigenvalue weighted by molar-refractivity contribution is 5.85. The Morgan fingerprint density at radius 2 is 1.49 bits per heavy atom. The van der Waals surface area contributed by atoms with Gasteiger partial charge in [0, 0.05) is 51.2 Å². The normalized spacial score (nSPS) is 19.4. The van der Waals surface area contributed by atoms with Crippen molar-refractivity contribution in [2.24, 2.45) is 5.41 Å². The van der Waals surface area contributed by atoms with Gasteiger partial charge in [-0.25, -0.2) is 4.98 Å². The fourth-order valence-electron chi connectivity index (χ4n) is 7.28. The molecule has 0 bridgehead atoms. The highest BCUT2D eigenvalue weighted by Crippen LogP contribution is 2.40. The molecule has 4 heterocycles. The first-order valence-corrected chi connectivity index (χ1v) is 16.4. The van der Waals surface area contributed by atoms with E-state index in [1.54, 1.807) is 0 Å². The molecule has 45 heavy (non-hydrogen) atoms. The van der Waals surface area contributed by atoms with Gasteiger partial charge in [-0.15, -0.1) is 0 Å². The molecule has 7 heteroatoms. The second-order valence-corrected chi connectivity index (χ2v) is 12.8. The standard InChI is InChI=1S/C38H42N6O/c45-36-38(27-30-9-3-1-4-10-30,20-26-43(36)28-31-11-5-2-6-12-31)19-25-42-23-17-33(18-24-42)44(29-32-15-21-39-22-16-32)37-40-34-13-7-8-14-35(34)41-37/h1-16,21-22,33H,17-20,23-29H2,(H,40,41). The highest BCUT2D eigenvalue weighted by atomic mass is 16.2. The lowest BCUT2D eigenvalue weighted by Gasteiger charge is -2.39. The number of aromatic amines is 1. The van der Waals surface area contributed by atoms with Gasteiger partial charge in [0.1, 0.15) is 0 Å². The summed E-state index contributed by atoms with van der Waals surface area (Å²) in [6.45, 7) is 5.28. The second-order valence-electron chi connectivity index (χ2n) is 12.8. The average molecular weight is 599 g/mol. The molecule has 7 nitrogen and oxygen atoms in total. The minimum atomic E-state index is -0.353. The number of imidazole rings is 1. The van der Waals surface area contributed by atoms with Crippen molar-refractivity contribution in [1.82, 2.24) is 24.8 Å². The zero-order valence-electron chi connectivity index (χ0n) is 25.9. The number of nitrogens with zero attached hydrogens (tertiary/aromatic N) is 5. The number of carbonyl (C=O) groups is 1. The monoisotopic (exact) mass is 598 g/mol. The summed E-state index contributed by atoms with van der Waals surface area (Å²) in [4.78, 5) is 34.1. The molecule has 2 aliphatic heterocycles. The molecular formula is C38H42N6O. The highest BCUT2D eigenvalue weighted by Gasteiger charge is 2.46. The van der Waals surface area contributed by atoms with Crippen LogP contribution in [0.4, 0.5) is 5.95 Å². The van der Waals surface area contributed by atoms with E-state index in [1.165, 1.54) is 16.7 Å². The number of anilines is 1. The number of pyridine rings is 1. The Hall–Kier alpha value is -4.49. The largest absolute Gasteiger partial charge is 0.338 e. The van der Waals surface area contributed by atoms with E-state index >= 15 is 0 Å². The Balaban J connectivity index is 1.04. The summed E-state index contributed by atoms with van der Waals surface area (Å²) in [5, 5.41) is 0. The van der Waals surface area contributed by atoms with Gasteiger partial charge in [-0.3, -0.25) is 9.78 Å². The van der Waals surface area contributed by atoms with Gasteiger partial charge in [-0.2, -0.15) is 0 Å². The van der Waals surface area contributed by atoms with Crippen LogP contribution in [0.1, 0.15) is 42.4 Å². The van der Waals surface area contributed by atoms with Gasteiger partial charge >= 0.3 is 0 Å². The third-order valence-corrected chi connectivity index (χ3v) is 9.86. The summed E-state index contributed by atoms with van der Waals surface area (Å²) in [7, 11) is 0. The first-order valence-electron chi connectivity index (χ1n) is 16.4. The predicted octanol–water partition coefficient (Wildman–Crippen LogP) is 6.48. The minimum Gasteiger partial charge on any atom is -0.338 e. The van der Waals surface area contributed by atoms with Gasteiger partial charge in [0.15, 0.2) is 0 Å². The van der Waals surface area contributed by atoms with Crippen molar-refractivity contribution in [3.63, 3.8) is 0 Å². The van der Waals surface area contributed by atoms with Gasteiger partial charge in [0.25, 0.3) is 0 Å².